The average Bonchev–Trinajstić information content (AvgIpc) is 2.29. The highest BCUT2D eigenvalue weighted by Crippen LogP contribution is 2.10. The molecule has 0 aliphatic heterocycles. The van der Waals surface area contributed by atoms with Gasteiger partial charge in [-0.05, 0) is 12.1 Å². The lowest BCUT2D eigenvalue weighted by atomic mass is 10.3. The van der Waals surface area contributed by atoms with Gasteiger partial charge >= 0.3 is 0 Å². The maximum absolute atomic E-state index is 8.64. The van der Waals surface area contributed by atoms with E-state index in [1.54, 1.807) is 12.3 Å². The average molecular weight is 199 g/mol. The van der Waals surface area contributed by atoms with Crippen molar-refractivity contribution in [3.8, 4) is 6.07 Å². The summed E-state index contributed by atoms with van der Waals surface area (Å²) in [7, 11) is 0. The molecule has 0 atom stereocenters. The van der Waals surface area contributed by atoms with E-state index in [-0.39, 0.29) is 0 Å². The number of rotatable bonds is 5. The van der Waals surface area contributed by atoms with Gasteiger partial charge in [-0.25, -0.2) is 4.98 Å². The van der Waals surface area contributed by atoms with E-state index in [1.165, 1.54) is 0 Å². The summed E-state index contributed by atoms with van der Waals surface area (Å²) in [6.07, 6.45) is 5.18. The zero-order valence-corrected chi connectivity index (χ0v) is 8.56. The molecule has 0 bridgehead atoms. The molecule has 3 nitrogen and oxygen atoms in total. The SMILES string of the molecule is C=CCN(CC=C)c1ccc(C#N)cn1. The van der Waals surface area contributed by atoms with Gasteiger partial charge in [0.25, 0.3) is 0 Å². The molecule has 0 unspecified atom stereocenters. The Bertz CT molecular complexity index is 363. The van der Waals surface area contributed by atoms with Crippen LogP contribution in [0.25, 0.3) is 0 Å². The number of nitrogens with zero attached hydrogens (tertiary/aromatic N) is 3. The number of anilines is 1. The van der Waals surface area contributed by atoms with E-state index in [2.05, 4.69) is 18.1 Å². The summed E-state index contributed by atoms with van der Waals surface area (Å²) >= 11 is 0. The predicted molar refractivity (Wildman–Crippen MR) is 61.6 cm³/mol. The van der Waals surface area contributed by atoms with Gasteiger partial charge in [0.05, 0.1) is 5.56 Å². The Morgan fingerprint density at radius 3 is 2.40 bits per heavy atom. The molecular weight excluding hydrogens is 186 g/mol. The molecule has 0 amide bonds. The number of aromatic nitrogens is 1. The van der Waals surface area contributed by atoms with Crippen LogP contribution in [0.1, 0.15) is 5.56 Å². The monoisotopic (exact) mass is 199 g/mol. The van der Waals surface area contributed by atoms with Crippen molar-refractivity contribution < 1.29 is 0 Å². The second kappa shape index (κ2) is 5.61. The molecule has 0 spiro atoms. The summed E-state index contributed by atoms with van der Waals surface area (Å²) in [5, 5.41) is 8.64. The van der Waals surface area contributed by atoms with Crippen LogP contribution in [-0.4, -0.2) is 18.1 Å². The van der Waals surface area contributed by atoms with Crippen LogP contribution in [0.2, 0.25) is 0 Å². The van der Waals surface area contributed by atoms with Crippen LogP contribution in [0.4, 0.5) is 5.82 Å². The van der Waals surface area contributed by atoms with Gasteiger partial charge in [-0.15, -0.1) is 13.2 Å². The molecule has 0 saturated carbocycles. The Labute approximate surface area is 90.0 Å². The van der Waals surface area contributed by atoms with E-state index < -0.39 is 0 Å². The van der Waals surface area contributed by atoms with Crippen molar-refractivity contribution in [1.82, 2.24) is 4.98 Å². The quantitative estimate of drug-likeness (QED) is 0.682. The molecule has 1 aromatic heterocycles. The summed E-state index contributed by atoms with van der Waals surface area (Å²) in [5.41, 5.74) is 0.566. The van der Waals surface area contributed by atoms with Gasteiger partial charge in [0.1, 0.15) is 11.9 Å². The molecule has 0 radical (unpaired) electrons. The first-order valence-corrected chi connectivity index (χ1v) is 4.64. The Balaban J connectivity index is 2.86. The van der Waals surface area contributed by atoms with Crippen molar-refractivity contribution in [2.45, 2.75) is 0 Å². The van der Waals surface area contributed by atoms with Crippen LogP contribution in [-0.2, 0) is 0 Å². The molecule has 15 heavy (non-hydrogen) atoms. The normalized spacial score (nSPS) is 9.00. The molecule has 0 N–H and O–H groups in total. The largest absolute Gasteiger partial charge is 0.349 e. The minimum absolute atomic E-state index is 0.566. The summed E-state index contributed by atoms with van der Waals surface area (Å²) in [5.74, 6) is 0.828. The minimum atomic E-state index is 0.566. The zero-order chi connectivity index (χ0) is 11.1. The number of pyridine rings is 1. The van der Waals surface area contributed by atoms with E-state index in [9.17, 15) is 0 Å². The highest BCUT2D eigenvalue weighted by Gasteiger charge is 2.03. The van der Waals surface area contributed by atoms with Gasteiger partial charge in [0, 0.05) is 19.3 Å². The molecule has 0 aliphatic rings. The van der Waals surface area contributed by atoms with Crippen LogP contribution in [0.3, 0.4) is 0 Å². The van der Waals surface area contributed by atoms with Crippen LogP contribution < -0.4 is 4.90 Å². The molecule has 1 heterocycles. The maximum Gasteiger partial charge on any atom is 0.129 e. The van der Waals surface area contributed by atoms with Gasteiger partial charge in [-0.1, -0.05) is 12.2 Å². The Morgan fingerprint density at radius 1 is 1.33 bits per heavy atom. The lowest BCUT2D eigenvalue weighted by Crippen LogP contribution is -2.23. The molecular formula is C12H13N3. The van der Waals surface area contributed by atoms with Crippen molar-refractivity contribution in [2.75, 3.05) is 18.0 Å². The molecule has 0 aliphatic carbocycles. The third-order valence-electron chi connectivity index (χ3n) is 1.90. The Morgan fingerprint density at radius 2 is 2.00 bits per heavy atom. The minimum Gasteiger partial charge on any atom is -0.349 e. The number of hydrogen-bond acceptors (Lipinski definition) is 3. The van der Waals surface area contributed by atoms with Gasteiger partial charge in [0.2, 0.25) is 0 Å². The second-order valence-corrected chi connectivity index (χ2v) is 3.00. The Kier molecular flexibility index (Phi) is 4.11. The number of hydrogen-bond donors (Lipinski definition) is 0. The van der Waals surface area contributed by atoms with Gasteiger partial charge < -0.3 is 4.90 Å². The Hall–Kier alpha value is -2.08. The van der Waals surface area contributed by atoms with Crippen molar-refractivity contribution in [2.24, 2.45) is 0 Å². The lowest BCUT2D eigenvalue weighted by Gasteiger charge is -2.19. The predicted octanol–water partition coefficient (Wildman–Crippen LogP) is 2.13. The van der Waals surface area contributed by atoms with E-state index in [1.807, 2.05) is 29.2 Å². The molecule has 0 aromatic carbocycles. The molecule has 1 aromatic rings. The molecule has 0 saturated heterocycles. The third-order valence-corrected chi connectivity index (χ3v) is 1.90. The first kappa shape index (κ1) is 11.0. The van der Waals surface area contributed by atoms with E-state index in [0.29, 0.717) is 18.7 Å². The highest BCUT2D eigenvalue weighted by molar-refractivity contribution is 5.42. The molecule has 3 heteroatoms. The van der Waals surface area contributed by atoms with Crippen LogP contribution in [0, 0.1) is 11.3 Å². The first-order valence-electron chi connectivity index (χ1n) is 4.64. The smallest absolute Gasteiger partial charge is 0.129 e. The van der Waals surface area contributed by atoms with Crippen LogP contribution in [0.15, 0.2) is 43.6 Å². The van der Waals surface area contributed by atoms with Gasteiger partial charge in [-0.2, -0.15) is 5.26 Å². The fourth-order valence-corrected chi connectivity index (χ4v) is 1.21. The van der Waals surface area contributed by atoms with E-state index >= 15 is 0 Å². The maximum atomic E-state index is 8.64. The molecule has 1 rings (SSSR count). The van der Waals surface area contributed by atoms with Crippen molar-refractivity contribution >= 4 is 5.82 Å². The van der Waals surface area contributed by atoms with E-state index in [0.717, 1.165) is 5.82 Å². The zero-order valence-electron chi connectivity index (χ0n) is 8.56. The summed E-state index contributed by atoms with van der Waals surface area (Å²) in [6, 6.07) is 5.61. The second-order valence-electron chi connectivity index (χ2n) is 3.00. The van der Waals surface area contributed by atoms with E-state index in [4.69, 9.17) is 5.26 Å². The van der Waals surface area contributed by atoms with Crippen LogP contribution in [0.5, 0.6) is 0 Å². The van der Waals surface area contributed by atoms with Crippen molar-refractivity contribution in [3.63, 3.8) is 0 Å². The summed E-state index contributed by atoms with van der Waals surface area (Å²) in [4.78, 5) is 6.21. The fourth-order valence-electron chi connectivity index (χ4n) is 1.21. The van der Waals surface area contributed by atoms with Gasteiger partial charge in [0.15, 0.2) is 0 Å². The lowest BCUT2D eigenvalue weighted by molar-refractivity contribution is 0.926. The fraction of sp³-hybridized carbons (Fsp3) is 0.167. The standard InChI is InChI=1S/C12H13N3/c1-3-7-15(8-4-2)12-6-5-11(9-13)10-14-12/h3-6,10H,1-2,7-8H2. The van der Waals surface area contributed by atoms with Crippen molar-refractivity contribution in [1.29, 1.82) is 5.26 Å². The topological polar surface area (TPSA) is 39.9 Å². The first-order chi connectivity index (χ1) is 7.31. The molecule has 76 valence electrons. The van der Waals surface area contributed by atoms with Crippen molar-refractivity contribution in [3.05, 3.63) is 49.2 Å². The number of nitriles is 1. The third kappa shape index (κ3) is 2.96. The van der Waals surface area contributed by atoms with Gasteiger partial charge in [-0.3, -0.25) is 0 Å². The highest BCUT2D eigenvalue weighted by atomic mass is 15.2. The molecule has 0 fully saturated rings. The summed E-state index contributed by atoms with van der Waals surface area (Å²) in [6.45, 7) is 8.80. The van der Waals surface area contributed by atoms with Crippen LogP contribution >= 0.6 is 0 Å². The summed E-state index contributed by atoms with van der Waals surface area (Å²) < 4.78 is 0.